The summed E-state index contributed by atoms with van der Waals surface area (Å²) in [4.78, 5) is 4.33. The van der Waals surface area contributed by atoms with E-state index in [2.05, 4.69) is 27.9 Å². The molecule has 1 aliphatic rings. The summed E-state index contributed by atoms with van der Waals surface area (Å²) in [6.07, 6.45) is 2.62. The Kier molecular flexibility index (Phi) is 3.41. The van der Waals surface area contributed by atoms with Crippen molar-refractivity contribution in [2.75, 3.05) is 6.61 Å². The number of aromatic amines is 1. The molecule has 0 radical (unpaired) electrons. The monoisotopic (exact) mass is 314 g/mol. The fourth-order valence-electron chi connectivity index (χ4n) is 2.96. The van der Waals surface area contributed by atoms with E-state index in [1.807, 2.05) is 12.3 Å². The van der Waals surface area contributed by atoms with Crippen LogP contribution < -0.4 is 4.72 Å². The Morgan fingerprint density at radius 2 is 2.09 bits per heavy atom. The number of benzene rings is 2. The molecule has 0 fully saturated rings. The van der Waals surface area contributed by atoms with Crippen molar-refractivity contribution in [3.63, 3.8) is 0 Å². The molecule has 0 saturated carbocycles. The molecule has 3 aromatic rings. The Morgan fingerprint density at radius 3 is 2.95 bits per heavy atom. The summed E-state index contributed by atoms with van der Waals surface area (Å²) in [6.45, 7) is 0.161. The SMILES string of the molecule is OCCC1NSc2ccc(-c3c[nH]c4cc(F)ccc34)cc21. The highest BCUT2D eigenvalue weighted by molar-refractivity contribution is 7.97. The molecule has 0 saturated heterocycles. The van der Waals surface area contributed by atoms with Crippen LogP contribution in [0, 0.1) is 5.82 Å². The summed E-state index contributed by atoms with van der Waals surface area (Å²) < 4.78 is 16.6. The molecular weight excluding hydrogens is 299 g/mol. The topological polar surface area (TPSA) is 48.0 Å². The first-order valence-electron chi connectivity index (χ1n) is 7.20. The highest BCUT2D eigenvalue weighted by Crippen LogP contribution is 2.40. The molecule has 2 heterocycles. The lowest BCUT2D eigenvalue weighted by Gasteiger charge is -2.10. The summed E-state index contributed by atoms with van der Waals surface area (Å²) in [5.74, 6) is -0.238. The predicted molar refractivity (Wildman–Crippen MR) is 87.1 cm³/mol. The van der Waals surface area contributed by atoms with E-state index in [0.29, 0.717) is 6.42 Å². The van der Waals surface area contributed by atoms with Gasteiger partial charge in [-0.25, -0.2) is 4.39 Å². The second-order valence-electron chi connectivity index (χ2n) is 5.43. The third-order valence-corrected chi connectivity index (χ3v) is 5.06. The molecule has 4 rings (SSSR count). The number of aliphatic hydroxyl groups is 1. The summed E-state index contributed by atoms with van der Waals surface area (Å²) in [7, 11) is 0. The molecule has 3 N–H and O–H groups in total. The molecule has 0 aliphatic carbocycles. The third-order valence-electron chi connectivity index (χ3n) is 4.07. The fraction of sp³-hybridized carbons (Fsp3) is 0.176. The summed E-state index contributed by atoms with van der Waals surface area (Å²) in [6, 6.07) is 11.3. The third kappa shape index (κ3) is 2.22. The van der Waals surface area contributed by atoms with Crippen LogP contribution in [0.4, 0.5) is 4.39 Å². The molecule has 5 heteroatoms. The van der Waals surface area contributed by atoms with Gasteiger partial charge in [0.25, 0.3) is 0 Å². The zero-order chi connectivity index (χ0) is 15.1. The number of fused-ring (bicyclic) bond motifs is 2. The van der Waals surface area contributed by atoms with Crippen molar-refractivity contribution in [2.24, 2.45) is 0 Å². The molecule has 112 valence electrons. The van der Waals surface area contributed by atoms with Crippen LogP contribution in [-0.2, 0) is 0 Å². The summed E-state index contributed by atoms with van der Waals surface area (Å²) >= 11 is 1.61. The van der Waals surface area contributed by atoms with Crippen LogP contribution in [0.2, 0.25) is 0 Å². The van der Waals surface area contributed by atoms with Crippen molar-refractivity contribution in [2.45, 2.75) is 17.4 Å². The van der Waals surface area contributed by atoms with Gasteiger partial charge in [0.15, 0.2) is 0 Å². The Morgan fingerprint density at radius 1 is 1.18 bits per heavy atom. The van der Waals surface area contributed by atoms with Gasteiger partial charge in [-0.05, 0) is 59.8 Å². The van der Waals surface area contributed by atoms with Crippen LogP contribution in [-0.4, -0.2) is 16.7 Å². The average Bonchev–Trinajstić information content (AvgIpc) is 3.11. The average molecular weight is 314 g/mol. The van der Waals surface area contributed by atoms with Crippen molar-refractivity contribution in [1.82, 2.24) is 9.71 Å². The van der Waals surface area contributed by atoms with Crippen molar-refractivity contribution >= 4 is 22.9 Å². The van der Waals surface area contributed by atoms with Gasteiger partial charge >= 0.3 is 0 Å². The van der Waals surface area contributed by atoms with Crippen LogP contribution in [0.1, 0.15) is 18.0 Å². The lowest BCUT2D eigenvalue weighted by atomic mass is 9.98. The van der Waals surface area contributed by atoms with Gasteiger partial charge in [0.1, 0.15) is 5.82 Å². The van der Waals surface area contributed by atoms with Crippen LogP contribution >= 0.6 is 11.9 Å². The minimum absolute atomic E-state index is 0.161. The van der Waals surface area contributed by atoms with Gasteiger partial charge in [-0.2, -0.15) is 0 Å². The van der Waals surface area contributed by atoms with E-state index in [4.69, 9.17) is 0 Å². The molecule has 0 amide bonds. The fourth-order valence-corrected chi connectivity index (χ4v) is 3.93. The van der Waals surface area contributed by atoms with E-state index in [9.17, 15) is 9.50 Å². The first kappa shape index (κ1) is 13.8. The number of aliphatic hydroxyl groups excluding tert-OH is 1. The Hall–Kier alpha value is -1.82. The number of hydrogen-bond donors (Lipinski definition) is 3. The van der Waals surface area contributed by atoms with Crippen LogP contribution in [0.25, 0.3) is 22.0 Å². The number of nitrogens with one attached hydrogen (secondary N) is 2. The van der Waals surface area contributed by atoms with E-state index in [-0.39, 0.29) is 18.5 Å². The van der Waals surface area contributed by atoms with E-state index in [0.717, 1.165) is 22.0 Å². The van der Waals surface area contributed by atoms with Crippen LogP contribution in [0.5, 0.6) is 0 Å². The number of aromatic nitrogens is 1. The summed E-state index contributed by atoms with van der Waals surface area (Å²) in [5.41, 5.74) is 4.18. The Bertz CT molecular complexity index is 844. The standard InChI is InChI=1S/C17H15FN2OS/c18-11-2-3-12-14(9-19-16(12)8-11)10-1-4-17-13(7-10)15(5-6-21)20-22-17/h1-4,7-9,15,19-21H,5-6H2. The number of halogens is 1. The van der Waals surface area contributed by atoms with E-state index < -0.39 is 0 Å². The maximum absolute atomic E-state index is 13.3. The van der Waals surface area contributed by atoms with Crippen molar-refractivity contribution < 1.29 is 9.50 Å². The van der Waals surface area contributed by atoms with Crippen LogP contribution in [0.15, 0.2) is 47.5 Å². The first-order chi connectivity index (χ1) is 10.8. The zero-order valence-corrected chi connectivity index (χ0v) is 12.6. The molecule has 0 bridgehead atoms. The normalized spacial score (nSPS) is 17.1. The van der Waals surface area contributed by atoms with E-state index >= 15 is 0 Å². The van der Waals surface area contributed by atoms with Gasteiger partial charge in [0, 0.05) is 40.2 Å². The van der Waals surface area contributed by atoms with Gasteiger partial charge in [-0.3, -0.25) is 4.72 Å². The number of hydrogen-bond acceptors (Lipinski definition) is 3. The van der Waals surface area contributed by atoms with Crippen molar-refractivity contribution in [3.05, 3.63) is 54.0 Å². The lowest BCUT2D eigenvalue weighted by Crippen LogP contribution is -2.09. The molecule has 1 aliphatic heterocycles. The number of H-pyrrole nitrogens is 1. The van der Waals surface area contributed by atoms with E-state index in [1.54, 1.807) is 11.9 Å². The van der Waals surface area contributed by atoms with Gasteiger partial charge in [-0.1, -0.05) is 6.07 Å². The maximum Gasteiger partial charge on any atom is 0.125 e. The van der Waals surface area contributed by atoms with Gasteiger partial charge < -0.3 is 10.1 Å². The highest BCUT2D eigenvalue weighted by atomic mass is 32.2. The molecule has 1 atom stereocenters. The molecule has 1 unspecified atom stereocenters. The smallest absolute Gasteiger partial charge is 0.125 e. The predicted octanol–water partition coefficient (Wildman–Crippen LogP) is 4.01. The largest absolute Gasteiger partial charge is 0.396 e. The molecule has 2 aromatic carbocycles. The zero-order valence-electron chi connectivity index (χ0n) is 11.8. The van der Waals surface area contributed by atoms with Crippen molar-refractivity contribution in [1.29, 1.82) is 0 Å². The lowest BCUT2D eigenvalue weighted by molar-refractivity contribution is 0.274. The minimum Gasteiger partial charge on any atom is -0.396 e. The maximum atomic E-state index is 13.3. The van der Waals surface area contributed by atoms with Gasteiger partial charge in [0.05, 0.1) is 0 Å². The Labute approximate surface area is 131 Å². The quantitative estimate of drug-likeness (QED) is 0.640. The van der Waals surface area contributed by atoms with Gasteiger partial charge in [-0.15, -0.1) is 0 Å². The highest BCUT2D eigenvalue weighted by Gasteiger charge is 2.23. The molecular formula is C17H15FN2OS. The van der Waals surface area contributed by atoms with E-state index in [1.165, 1.54) is 22.6 Å². The Balaban J connectivity index is 1.81. The first-order valence-corrected chi connectivity index (χ1v) is 8.02. The second-order valence-corrected chi connectivity index (χ2v) is 6.31. The number of rotatable bonds is 3. The van der Waals surface area contributed by atoms with Crippen molar-refractivity contribution in [3.8, 4) is 11.1 Å². The molecule has 1 aromatic heterocycles. The molecule has 0 spiro atoms. The van der Waals surface area contributed by atoms with Gasteiger partial charge in [0.2, 0.25) is 0 Å². The summed E-state index contributed by atoms with van der Waals surface area (Å²) in [5, 5.41) is 10.2. The molecule has 22 heavy (non-hydrogen) atoms. The van der Waals surface area contributed by atoms with Crippen LogP contribution in [0.3, 0.4) is 0 Å². The second kappa shape index (κ2) is 5.43. The minimum atomic E-state index is -0.238. The molecule has 3 nitrogen and oxygen atoms in total.